The van der Waals surface area contributed by atoms with Crippen LogP contribution in [0.15, 0.2) is 237 Å². The van der Waals surface area contributed by atoms with Gasteiger partial charge in [0.2, 0.25) is 0 Å². The van der Waals surface area contributed by atoms with Crippen LogP contribution in [0.1, 0.15) is 0 Å². The van der Waals surface area contributed by atoms with E-state index in [0.29, 0.717) is 5.82 Å². The monoisotopic (exact) mass is 841 g/mol. The van der Waals surface area contributed by atoms with E-state index in [-0.39, 0.29) is 0 Å². The molecular formula is C61H39N5. The molecular weight excluding hydrogens is 803 g/mol. The lowest BCUT2D eigenvalue weighted by Gasteiger charge is -2.13. The van der Waals surface area contributed by atoms with Gasteiger partial charge in [0.25, 0.3) is 0 Å². The van der Waals surface area contributed by atoms with Gasteiger partial charge in [-0.3, -0.25) is 4.98 Å². The molecule has 0 fully saturated rings. The van der Waals surface area contributed by atoms with Crippen LogP contribution < -0.4 is 0 Å². The number of fused-ring (bicyclic) bond motifs is 4. The van der Waals surface area contributed by atoms with Gasteiger partial charge in [0.05, 0.1) is 33.8 Å². The van der Waals surface area contributed by atoms with Gasteiger partial charge >= 0.3 is 0 Å². The highest BCUT2D eigenvalue weighted by atomic mass is 14.9. The van der Waals surface area contributed by atoms with Crippen LogP contribution in [0.5, 0.6) is 0 Å². The van der Waals surface area contributed by atoms with E-state index in [0.717, 1.165) is 117 Å². The molecule has 66 heavy (non-hydrogen) atoms. The zero-order valence-corrected chi connectivity index (χ0v) is 35.8. The smallest absolute Gasteiger partial charge is 0.160 e. The van der Waals surface area contributed by atoms with Crippen molar-refractivity contribution in [2.45, 2.75) is 0 Å². The Kier molecular flexibility index (Phi) is 9.77. The molecule has 0 spiro atoms. The van der Waals surface area contributed by atoms with Gasteiger partial charge in [-0.25, -0.2) is 19.9 Å². The molecule has 0 bridgehead atoms. The minimum atomic E-state index is 0.682. The molecule has 0 atom stereocenters. The van der Waals surface area contributed by atoms with Crippen molar-refractivity contribution in [3.05, 3.63) is 237 Å². The number of pyridine rings is 3. The lowest BCUT2D eigenvalue weighted by atomic mass is 9.96. The van der Waals surface area contributed by atoms with Gasteiger partial charge in [-0.15, -0.1) is 0 Å². The first-order chi connectivity index (χ1) is 32.7. The highest BCUT2D eigenvalue weighted by Gasteiger charge is 2.16. The molecule has 4 aromatic heterocycles. The minimum absolute atomic E-state index is 0.682. The third kappa shape index (κ3) is 7.34. The van der Waals surface area contributed by atoms with Gasteiger partial charge in [0.15, 0.2) is 5.82 Å². The third-order valence-corrected chi connectivity index (χ3v) is 12.4. The van der Waals surface area contributed by atoms with E-state index >= 15 is 0 Å². The fraction of sp³-hybridized carbons (Fsp3) is 0. The zero-order valence-electron chi connectivity index (χ0n) is 35.8. The van der Waals surface area contributed by atoms with E-state index in [4.69, 9.17) is 19.9 Å². The van der Waals surface area contributed by atoms with Crippen molar-refractivity contribution in [1.29, 1.82) is 0 Å². The molecule has 0 amide bonds. The maximum Gasteiger partial charge on any atom is 0.160 e. The molecule has 0 aliphatic carbocycles. The first-order valence-corrected chi connectivity index (χ1v) is 22.1. The molecule has 0 unspecified atom stereocenters. The molecule has 5 heteroatoms. The van der Waals surface area contributed by atoms with Gasteiger partial charge in [-0.05, 0) is 69.1 Å². The summed E-state index contributed by atoms with van der Waals surface area (Å²) >= 11 is 0. The average Bonchev–Trinajstić information content (AvgIpc) is 3.41. The van der Waals surface area contributed by atoms with Crippen LogP contribution in [0, 0.1) is 0 Å². The number of benzene rings is 8. The van der Waals surface area contributed by atoms with Crippen LogP contribution in [0.25, 0.3) is 122 Å². The lowest BCUT2D eigenvalue weighted by molar-refractivity contribution is 1.18. The number of nitrogens with zero attached hydrogens (tertiary/aromatic N) is 5. The first kappa shape index (κ1) is 38.7. The summed E-state index contributed by atoms with van der Waals surface area (Å²) in [6.45, 7) is 0. The SMILES string of the molecule is c1ccc(-c2cc(-c3ccccc3)c3ccc4ccc(-c5ccc(-c6ccc(-c7cc(-c8cccc(-c9cccc%10ccncc9%10)c8)nc(-c8ccccc8)n7)cc6)cc5)nc4c3n2)cc1. The normalized spacial score (nSPS) is 11.3. The highest BCUT2D eigenvalue weighted by Crippen LogP contribution is 2.37. The Morgan fingerprint density at radius 3 is 1.53 bits per heavy atom. The number of hydrogen-bond donors (Lipinski definition) is 0. The van der Waals surface area contributed by atoms with Crippen molar-refractivity contribution in [2.75, 3.05) is 0 Å². The number of aromatic nitrogens is 5. The summed E-state index contributed by atoms with van der Waals surface area (Å²) in [7, 11) is 0. The summed E-state index contributed by atoms with van der Waals surface area (Å²) in [5.74, 6) is 0.682. The Labute approximate surface area is 382 Å². The molecule has 5 nitrogen and oxygen atoms in total. The second-order valence-corrected chi connectivity index (χ2v) is 16.5. The Balaban J connectivity index is 0.873. The quantitative estimate of drug-likeness (QED) is 0.143. The van der Waals surface area contributed by atoms with Crippen LogP contribution in [0.3, 0.4) is 0 Å². The van der Waals surface area contributed by atoms with Crippen LogP contribution in [0.2, 0.25) is 0 Å². The molecule has 0 N–H and O–H groups in total. The van der Waals surface area contributed by atoms with Crippen LogP contribution >= 0.6 is 0 Å². The number of hydrogen-bond acceptors (Lipinski definition) is 5. The summed E-state index contributed by atoms with van der Waals surface area (Å²) in [5, 5.41) is 4.41. The summed E-state index contributed by atoms with van der Waals surface area (Å²) in [6, 6.07) is 78.3. The standard InChI is InChI=1S/C61H39N5/c1-4-12-42(13-5-1)53-37-56(44-14-6-2-7-15-44)64-60-52(53)32-30-47-31-33-55(63-59(47)60)45-26-22-40(23-27-45)41-24-28-46(29-25-41)57-38-58(66-61(65-57)48-16-8-3-9-17-48)50-20-10-19-49(36-50)51-21-11-18-43-34-35-62-39-54(43)51/h1-39H. The van der Waals surface area contributed by atoms with Crippen molar-refractivity contribution in [2.24, 2.45) is 0 Å². The minimum Gasteiger partial charge on any atom is -0.264 e. The van der Waals surface area contributed by atoms with Gasteiger partial charge in [0, 0.05) is 56.4 Å². The van der Waals surface area contributed by atoms with Crippen LogP contribution in [-0.4, -0.2) is 24.9 Å². The van der Waals surface area contributed by atoms with Gasteiger partial charge in [0.1, 0.15) is 0 Å². The summed E-state index contributed by atoms with van der Waals surface area (Å²) in [6.07, 6.45) is 3.78. The van der Waals surface area contributed by atoms with Crippen LogP contribution in [0.4, 0.5) is 0 Å². The van der Waals surface area contributed by atoms with Crippen molar-refractivity contribution < 1.29 is 0 Å². The van der Waals surface area contributed by atoms with Crippen molar-refractivity contribution in [3.63, 3.8) is 0 Å². The number of rotatable bonds is 8. The molecule has 0 radical (unpaired) electrons. The molecule has 12 aromatic rings. The maximum absolute atomic E-state index is 5.30. The summed E-state index contributed by atoms with van der Waals surface area (Å²) in [4.78, 5) is 25.2. The van der Waals surface area contributed by atoms with Crippen LogP contribution in [-0.2, 0) is 0 Å². The van der Waals surface area contributed by atoms with Crippen molar-refractivity contribution >= 4 is 32.6 Å². The average molecular weight is 842 g/mol. The Morgan fingerprint density at radius 2 is 0.803 bits per heavy atom. The van der Waals surface area contributed by atoms with Crippen molar-refractivity contribution in [1.82, 2.24) is 24.9 Å². The van der Waals surface area contributed by atoms with E-state index in [9.17, 15) is 0 Å². The van der Waals surface area contributed by atoms with E-state index in [2.05, 4.69) is 205 Å². The zero-order chi connectivity index (χ0) is 43.8. The van der Waals surface area contributed by atoms with E-state index < -0.39 is 0 Å². The molecule has 12 rings (SSSR count). The Morgan fingerprint density at radius 1 is 0.258 bits per heavy atom. The third-order valence-electron chi connectivity index (χ3n) is 12.4. The van der Waals surface area contributed by atoms with E-state index in [1.165, 1.54) is 0 Å². The van der Waals surface area contributed by atoms with Gasteiger partial charge in [-0.2, -0.15) is 0 Å². The van der Waals surface area contributed by atoms with Gasteiger partial charge < -0.3 is 0 Å². The molecule has 8 aromatic carbocycles. The predicted molar refractivity (Wildman–Crippen MR) is 271 cm³/mol. The molecule has 0 saturated heterocycles. The Hall–Kier alpha value is -8.93. The Bertz CT molecular complexity index is 3720. The molecule has 4 heterocycles. The fourth-order valence-corrected chi connectivity index (χ4v) is 8.98. The van der Waals surface area contributed by atoms with Gasteiger partial charge in [-0.1, -0.05) is 194 Å². The second-order valence-electron chi connectivity index (χ2n) is 16.5. The maximum atomic E-state index is 5.30. The molecule has 0 saturated carbocycles. The topological polar surface area (TPSA) is 64.5 Å². The lowest BCUT2D eigenvalue weighted by Crippen LogP contribution is -1.96. The predicted octanol–water partition coefficient (Wildman–Crippen LogP) is 15.5. The highest BCUT2D eigenvalue weighted by molar-refractivity contribution is 6.09. The summed E-state index contributed by atoms with van der Waals surface area (Å²) in [5.41, 5.74) is 17.2. The first-order valence-electron chi connectivity index (χ1n) is 22.1. The molecule has 308 valence electrons. The second kappa shape index (κ2) is 16.6. The van der Waals surface area contributed by atoms with E-state index in [1.807, 2.05) is 36.7 Å². The summed E-state index contributed by atoms with van der Waals surface area (Å²) < 4.78 is 0. The molecule has 0 aliphatic rings. The largest absolute Gasteiger partial charge is 0.264 e. The fourth-order valence-electron chi connectivity index (χ4n) is 8.98. The molecule has 0 aliphatic heterocycles. The van der Waals surface area contributed by atoms with E-state index in [1.54, 1.807) is 0 Å². The van der Waals surface area contributed by atoms with Crippen molar-refractivity contribution in [3.8, 4) is 89.8 Å².